The molecule has 0 bridgehead atoms. The molecule has 0 saturated heterocycles. The van der Waals surface area contributed by atoms with Gasteiger partial charge in [-0.15, -0.1) is 0 Å². The number of hydrogen-bond donors (Lipinski definition) is 0. The van der Waals surface area contributed by atoms with E-state index in [0.717, 1.165) is 30.7 Å². The molecule has 2 aliphatic heterocycles. The van der Waals surface area contributed by atoms with Gasteiger partial charge in [-0.25, -0.2) is 12.8 Å². The predicted octanol–water partition coefficient (Wildman–Crippen LogP) is 2.76. The molecule has 2 aromatic rings. The van der Waals surface area contributed by atoms with Gasteiger partial charge >= 0.3 is 0 Å². The lowest BCUT2D eigenvalue weighted by Gasteiger charge is -2.22. The summed E-state index contributed by atoms with van der Waals surface area (Å²) in [6, 6.07) is 1.13. The molecule has 0 radical (unpaired) electrons. The van der Waals surface area contributed by atoms with Crippen molar-refractivity contribution in [2.24, 2.45) is 10.9 Å². The first kappa shape index (κ1) is 20.4. The van der Waals surface area contributed by atoms with Gasteiger partial charge in [0.25, 0.3) is 0 Å². The molecule has 3 heterocycles. The summed E-state index contributed by atoms with van der Waals surface area (Å²) in [6.07, 6.45) is 7.65. The Morgan fingerprint density at radius 1 is 1.35 bits per heavy atom. The molecule has 1 aromatic heterocycles. The minimum atomic E-state index is -3.62. The second kappa shape index (κ2) is 7.00. The van der Waals surface area contributed by atoms with Gasteiger partial charge in [-0.05, 0) is 24.5 Å². The molecule has 0 N–H and O–H groups in total. The monoisotopic (exact) mass is 463 g/mol. The number of ketones is 1. The van der Waals surface area contributed by atoms with Crippen molar-refractivity contribution in [2.75, 3.05) is 30.0 Å². The van der Waals surface area contributed by atoms with Crippen molar-refractivity contribution in [2.45, 2.75) is 18.9 Å². The van der Waals surface area contributed by atoms with Crippen LogP contribution in [0.1, 0.15) is 29.2 Å². The fourth-order valence-corrected chi connectivity index (χ4v) is 5.30. The van der Waals surface area contributed by atoms with Crippen molar-refractivity contribution in [3.63, 3.8) is 0 Å². The van der Waals surface area contributed by atoms with Gasteiger partial charge in [-0.2, -0.15) is 0 Å². The molecule has 3 aliphatic rings. The van der Waals surface area contributed by atoms with Gasteiger partial charge < -0.3 is 9.47 Å². The van der Waals surface area contributed by atoms with E-state index in [4.69, 9.17) is 11.6 Å². The lowest BCUT2D eigenvalue weighted by Crippen LogP contribution is -2.25. The molecule has 10 heteroatoms. The SMILES string of the molecule is CS(=O)(=O)CC(=O)c1cn(C2CC2)c2c(Cl)c(N3C=C4CN=CC4C3)c(F)cc2c1=O. The maximum absolute atomic E-state index is 15.2. The molecule has 31 heavy (non-hydrogen) atoms. The Morgan fingerprint density at radius 3 is 2.74 bits per heavy atom. The van der Waals surface area contributed by atoms with Gasteiger partial charge in [-0.3, -0.25) is 14.6 Å². The minimum Gasteiger partial charge on any atom is -0.343 e. The Balaban J connectivity index is 1.70. The summed E-state index contributed by atoms with van der Waals surface area (Å²) < 4.78 is 40.1. The molecule has 162 valence electrons. The summed E-state index contributed by atoms with van der Waals surface area (Å²) >= 11 is 6.69. The van der Waals surface area contributed by atoms with E-state index in [1.165, 1.54) is 6.20 Å². The Hall–Kier alpha value is -2.52. The number of rotatable bonds is 5. The number of anilines is 1. The van der Waals surface area contributed by atoms with E-state index >= 15 is 4.39 Å². The van der Waals surface area contributed by atoms with Crippen LogP contribution >= 0.6 is 11.6 Å². The zero-order valence-corrected chi connectivity index (χ0v) is 18.2. The second-order valence-electron chi connectivity index (χ2n) is 8.37. The van der Waals surface area contributed by atoms with Crippen LogP contribution in [0.2, 0.25) is 5.02 Å². The van der Waals surface area contributed by atoms with Crippen molar-refractivity contribution in [1.82, 2.24) is 4.57 Å². The number of halogens is 2. The molecular formula is C21H19ClFN3O4S. The Morgan fingerprint density at radius 2 is 2.10 bits per heavy atom. The molecule has 0 amide bonds. The number of hydrogen-bond acceptors (Lipinski definition) is 6. The number of carbonyl (C=O) groups excluding carboxylic acids is 1. The zero-order valence-electron chi connectivity index (χ0n) is 16.6. The predicted molar refractivity (Wildman–Crippen MR) is 118 cm³/mol. The summed E-state index contributed by atoms with van der Waals surface area (Å²) in [5.41, 5.74) is 0.662. The van der Waals surface area contributed by atoms with Crippen molar-refractivity contribution < 1.29 is 17.6 Å². The molecule has 7 nitrogen and oxygen atoms in total. The normalized spacial score (nSPS) is 20.4. The van der Waals surface area contributed by atoms with Crippen LogP contribution in [0.4, 0.5) is 10.1 Å². The molecular weight excluding hydrogens is 445 g/mol. The van der Waals surface area contributed by atoms with Crippen LogP contribution in [0.15, 0.2) is 33.8 Å². The van der Waals surface area contributed by atoms with Crippen molar-refractivity contribution in [1.29, 1.82) is 0 Å². The van der Waals surface area contributed by atoms with E-state index in [1.54, 1.807) is 9.47 Å². The molecule has 1 aromatic carbocycles. The maximum Gasteiger partial charge on any atom is 0.200 e. The van der Waals surface area contributed by atoms with Crippen LogP contribution in [-0.2, 0) is 9.84 Å². The van der Waals surface area contributed by atoms with E-state index in [0.29, 0.717) is 18.6 Å². The smallest absolute Gasteiger partial charge is 0.200 e. The third-order valence-corrected chi connectivity index (χ3v) is 7.00. The minimum absolute atomic E-state index is 0.0205. The number of sulfone groups is 1. The van der Waals surface area contributed by atoms with E-state index < -0.39 is 32.6 Å². The lowest BCUT2D eigenvalue weighted by atomic mass is 10.1. The average Bonchev–Trinajstić information content (AvgIpc) is 3.29. The first-order valence-electron chi connectivity index (χ1n) is 9.89. The topological polar surface area (TPSA) is 88.8 Å². The summed E-state index contributed by atoms with van der Waals surface area (Å²) in [5.74, 6) is -2.14. The number of Topliss-reactive ketones (excluding diaryl/α,β-unsaturated/α-hetero) is 1. The highest BCUT2D eigenvalue weighted by Gasteiger charge is 2.33. The van der Waals surface area contributed by atoms with Gasteiger partial charge in [0.2, 0.25) is 0 Å². The molecule has 1 aliphatic carbocycles. The van der Waals surface area contributed by atoms with Crippen LogP contribution in [-0.4, -0.2) is 50.1 Å². The maximum atomic E-state index is 15.2. The average molecular weight is 464 g/mol. The van der Waals surface area contributed by atoms with Crippen LogP contribution < -0.4 is 10.3 Å². The summed E-state index contributed by atoms with van der Waals surface area (Å²) in [7, 11) is -3.62. The third kappa shape index (κ3) is 3.49. The van der Waals surface area contributed by atoms with Crippen LogP contribution in [0, 0.1) is 11.7 Å². The fraction of sp³-hybridized carbons (Fsp3) is 0.381. The van der Waals surface area contributed by atoms with Crippen molar-refractivity contribution in [3.05, 3.63) is 50.7 Å². The Kier molecular flexibility index (Phi) is 4.60. The quantitative estimate of drug-likeness (QED) is 0.636. The van der Waals surface area contributed by atoms with E-state index in [9.17, 15) is 18.0 Å². The number of pyridine rings is 1. The highest BCUT2D eigenvalue weighted by Crippen LogP contribution is 2.43. The first-order valence-corrected chi connectivity index (χ1v) is 12.3. The van der Waals surface area contributed by atoms with Crippen LogP contribution in [0.5, 0.6) is 0 Å². The number of carbonyl (C=O) groups is 1. The lowest BCUT2D eigenvalue weighted by molar-refractivity contribution is 0.101. The number of benzene rings is 1. The Bertz CT molecular complexity index is 1380. The summed E-state index contributed by atoms with van der Waals surface area (Å²) in [6.45, 7) is 1.09. The highest BCUT2D eigenvalue weighted by atomic mass is 35.5. The standard InChI is InChI=1S/C21H19ClFN3O4S/c1-31(29,30)10-17(27)15-9-26(13-2-3-13)19-14(21(15)28)4-16(23)20(18(19)22)25-7-11-5-24-6-12(11)8-25/h4-5,8-9,11,13H,2-3,6-7,10H2,1H3. The van der Waals surface area contributed by atoms with Crippen LogP contribution in [0.25, 0.3) is 10.9 Å². The van der Waals surface area contributed by atoms with Gasteiger partial charge in [-0.1, -0.05) is 11.6 Å². The highest BCUT2D eigenvalue weighted by molar-refractivity contribution is 7.91. The third-order valence-electron chi connectivity index (χ3n) is 5.86. The number of aliphatic imine (C=N–C) groups is 1. The first-order chi connectivity index (χ1) is 14.6. The number of aromatic nitrogens is 1. The largest absolute Gasteiger partial charge is 0.343 e. The molecule has 1 fully saturated rings. The molecule has 1 saturated carbocycles. The molecule has 5 rings (SSSR count). The Labute approximate surface area is 182 Å². The van der Waals surface area contributed by atoms with Crippen molar-refractivity contribution >= 4 is 50.0 Å². The molecule has 0 spiro atoms. The zero-order chi connectivity index (χ0) is 22.1. The second-order valence-corrected chi connectivity index (χ2v) is 10.9. The van der Waals surface area contributed by atoms with E-state index in [1.807, 2.05) is 12.4 Å². The fourth-order valence-electron chi connectivity index (χ4n) is 4.27. The van der Waals surface area contributed by atoms with Gasteiger partial charge in [0, 0.05) is 43.4 Å². The van der Waals surface area contributed by atoms with Gasteiger partial charge in [0.15, 0.2) is 21.0 Å². The van der Waals surface area contributed by atoms with E-state index in [-0.39, 0.29) is 33.6 Å². The van der Waals surface area contributed by atoms with Gasteiger partial charge in [0.1, 0.15) is 11.6 Å². The molecule has 1 atom stereocenters. The summed E-state index contributed by atoms with van der Waals surface area (Å²) in [5, 5.41) is 0.0842. The van der Waals surface area contributed by atoms with Crippen LogP contribution in [0.3, 0.4) is 0 Å². The van der Waals surface area contributed by atoms with Crippen molar-refractivity contribution in [3.8, 4) is 0 Å². The number of fused-ring (bicyclic) bond motifs is 2. The summed E-state index contributed by atoms with van der Waals surface area (Å²) in [4.78, 5) is 31.6. The van der Waals surface area contributed by atoms with Gasteiger partial charge in [0.05, 0.1) is 33.7 Å². The number of nitrogens with zero attached hydrogens (tertiary/aromatic N) is 3. The van der Waals surface area contributed by atoms with E-state index in [2.05, 4.69) is 4.99 Å². The molecule has 1 unspecified atom stereocenters.